The molecule has 0 aromatic heterocycles. The number of morpholine rings is 1. The van der Waals surface area contributed by atoms with E-state index in [1.54, 1.807) is 0 Å². The second-order valence-electron chi connectivity index (χ2n) is 6.28. The van der Waals surface area contributed by atoms with Crippen LogP contribution in [0.3, 0.4) is 0 Å². The maximum atomic E-state index is 12.1. The van der Waals surface area contributed by atoms with Crippen LogP contribution < -0.4 is 10.6 Å². The zero-order valence-corrected chi connectivity index (χ0v) is 14.0. The van der Waals surface area contributed by atoms with E-state index in [2.05, 4.69) is 54.0 Å². The van der Waals surface area contributed by atoms with Crippen LogP contribution in [-0.2, 0) is 16.1 Å². The highest BCUT2D eigenvalue weighted by Crippen LogP contribution is 2.21. The van der Waals surface area contributed by atoms with Crippen LogP contribution >= 0.6 is 0 Å². The van der Waals surface area contributed by atoms with E-state index in [0.29, 0.717) is 19.6 Å². The minimum atomic E-state index is 0.0546. The molecule has 1 unspecified atom stereocenters. The zero-order valence-electron chi connectivity index (χ0n) is 14.0. The number of rotatable bonds is 5. The van der Waals surface area contributed by atoms with Gasteiger partial charge in [0.25, 0.3) is 0 Å². The molecule has 0 aliphatic carbocycles. The number of ether oxygens (including phenoxy) is 1. The topological polar surface area (TPSA) is 50.4 Å². The molecule has 126 valence electrons. The van der Waals surface area contributed by atoms with Crippen molar-refractivity contribution in [1.29, 1.82) is 0 Å². The van der Waals surface area contributed by atoms with Gasteiger partial charge in [0.15, 0.2) is 0 Å². The van der Waals surface area contributed by atoms with Crippen molar-refractivity contribution >= 4 is 5.91 Å². The molecule has 2 N–H and O–H groups in total. The van der Waals surface area contributed by atoms with E-state index in [4.69, 9.17) is 4.74 Å². The van der Waals surface area contributed by atoms with Crippen molar-refractivity contribution in [2.75, 3.05) is 19.8 Å². The maximum absolute atomic E-state index is 12.1. The molecule has 0 spiro atoms. The Balaban J connectivity index is 1.57. The third-order valence-corrected chi connectivity index (χ3v) is 4.20. The van der Waals surface area contributed by atoms with Crippen LogP contribution in [0.5, 0.6) is 0 Å². The highest BCUT2D eigenvalue weighted by Gasteiger charge is 2.16. The van der Waals surface area contributed by atoms with E-state index in [1.807, 2.05) is 12.1 Å². The van der Waals surface area contributed by atoms with E-state index in [1.165, 1.54) is 16.7 Å². The Bertz CT molecular complexity index is 694. The molecule has 1 amide bonds. The fourth-order valence-electron chi connectivity index (χ4n) is 2.93. The van der Waals surface area contributed by atoms with Crippen molar-refractivity contribution in [3.05, 3.63) is 59.7 Å². The number of amides is 1. The molecule has 1 atom stereocenters. The first kappa shape index (κ1) is 16.7. The lowest BCUT2D eigenvalue weighted by atomic mass is 10.0. The summed E-state index contributed by atoms with van der Waals surface area (Å²) in [6, 6.07) is 16.9. The average Bonchev–Trinajstić information content (AvgIpc) is 2.61. The summed E-state index contributed by atoms with van der Waals surface area (Å²) < 4.78 is 5.38. The summed E-state index contributed by atoms with van der Waals surface area (Å²) in [5.74, 6) is 0.0546. The van der Waals surface area contributed by atoms with Crippen molar-refractivity contribution < 1.29 is 9.53 Å². The van der Waals surface area contributed by atoms with E-state index in [0.717, 1.165) is 18.7 Å². The fourth-order valence-corrected chi connectivity index (χ4v) is 2.93. The minimum absolute atomic E-state index is 0.0546. The predicted octanol–water partition coefficient (Wildman–Crippen LogP) is 2.66. The standard InChI is InChI=1S/C20H24N2O2/c1-15-4-2-6-17(10-15)18-7-3-5-16(11-18)13-22-20(23)12-19-14-24-9-8-21-19/h2-7,10-11,19,21H,8-9,12-14H2,1H3,(H,22,23). The summed E-state index contributed by atoms with van der Waals surface area (Å²) in [6.45, 7) is 4.79. The predicted molar refractivity (Wildman–Crippen MR) is 95.7 cm³/mol. The van der Waals surface area contributed by atoms with Gasteiger partial charge in [-0.15, -0.1) is 0 Å². The third kappa shape index (κ3) is 4.66. The van der Waals surface area contributed by atoms with Gasteiger partial charge in [-0.3, -0.25) is 4.79 Å². The van der Waals surface area contributed by atoms with E-state index < -0.39 is 0 Å². The van der Waals surface area contributed by atoms with Gasteiger partial charge in [-0.05, 0) is 29.7 Å². The molecule has 0 bridgehead atoms. The van der Waals surface area contributed by atoms with Gasteiger partial charge in [-0.25, -0.2) is 0 Å². The summed E-state index contributed by atoms with van der Waals surface area (Å²) in [5, 5.41) is 6.30. The van der Waals surface area contributed by atoms with Crippen LogP contribution in [0.15, 0.2) is 48.5 Å². The highest BCUT2D eigenvalue weighted by molar-refractivity contribution is 5.76. The number of hydrogen-bond donors (Lipinski definition) is 2. The number of carbonyl (C=O) groups excluding carboxylic acids is 1. The second kappa shape index (κ2) is 8.08. The first-order chi connectivity index (χ1) is 11.7. The number of carbonyl (C=O) groups is 1. The summed E-state index contributed by atoms with van der Waals surface area (Å²) in [5.41, 5.74) is 4.73. The second-order valence-corrected chi connectivity index (χ2v) is 6.28. The number of aryl methyl sites for hydroxylation is 1. The van der Waals surface area contributed by atoms with Gasteiger partial charge in [0.05, 0.1) is 13.2 Å². The molecule has 1 fully saturated rings. The SMILES string of the molecule is Cc1cccc(-c2cccc(CNC(=O)CC3COCCN3)c2)c1. The van der Waals surface area contributed by atoms with Crippen molar-refractivity contribution in [2.24, 2.45) is 0 Å². The molecule has 1 heterocycles. The van der Waals surface area contributed by atoms with Crippen molar-refractivity contribution in [1.82, 2.24) is 10.6 Å². The fraction of sp³-hybridized carbons (Fsp3) is 0.350. The van der Waals surface area contributed by atoms with Crippen molar-refractivity contribution in [3.63, 3.8) is 0 Å². The summed E-state index contributed by atoms with van der Waals surface area (Å²) in [7, 11) is 0. The third-order valence-electron chi connectivity index (χ3n) is 4.20. The van der Waals surface area contributed by atoms with Gasteiger partial charge in [0.2, 0.25) is 5.91 Å². The number of hydrogen-bond acceptors (Lipinski definition) is 3. The van der Waals surface area contributed by atoms with Crippen LogP contribution in [0.25, 0.3) is 11.1 Å². The van der Waals surface area contributed by atoms with Gasteiger partial charge in [0.1, 0.15) is 0 Å². The van der Waals surface area contributed by atoms with Gasteiger partial charge in [0, 0.05) is 25.6 Å². The Morgan fingerprint density at radius 2 is 2.00 bits per heavy atom. The smallest absolute Gasteiger partial charge is 0.221 e. The highest BCUT2D eigenvalue weighted by atomic mass is 16.5. The van der Waals surface area contributed by atoms with Crippen LogP contribution in [0.1, 0.15) is 17.5 Å². The molecular weight excluding hydrogens is 300 g/mol. The normalized spacial score (nSPS) is 17.5. The molecule has 4 nitrogen and oxygen atoms in total. The van der Waals surface area contributed by atoms with Crippen LogP contribution in [0.2, 0.25) is 0 Å². The number of benzene rings is 2. The van der Waals surface area contributed by atoms with Crippen molar-refractivity contribution in [3.8, 4) is 11.1 Å². The molecule has 24 heavy (non-hydrogen) atoms. The monoisotopic (exact) mass is 324 g/mol. The molecule has 0 radical (unpaired) electrons. The average molecular weight is 324 g/mol. The lowest BCUT2D eigenvalue weighted by Crippen LogP contribution is -2.44. The van der Waals surface area contributed by atoms with Crippen LogP contribution in [0.4, 0.5) is 0 Å². The number of nitrogens with one attached hydrogen (secondary N) is 2. The van der Waals surface area contributed by atoms with Crippen LogP contribution in [0, 0.1) is 6.92 Å². The molecule has 1 aliphatic rings. The molecule has 2 aromatic rings. The largest absolute Gasteiger partial charge is 0.378 e. The Labute approximate surface area is 143 Å². The first-order valence-corrected chi connectivity index (χ1v) is 8.44. The Kier molecular flexibility index (Phi) is 5.62. The van der Waals surface area contributed by atoms with Crippen molar-refractivity contribution in [2.45, 2.75) is 25.9 Å². The molecule has 2 aromatic carbocycles. The van der Waals surface area contributed by atoms with E-state index in [-0.39, 0.29) is 11.9 Å². The minimum Gasteiger partial charge on any atom is -0.378 e. The van der Waals surface area contributed by atoms with Gasteiger partial charge >= 0.3 is 0 Å². The van der Waals surface area contributed by atoms with Crippen LogP contribution in [-0.4, -0.2) is 31.7 Å². The van der Waals surface area contributed by atoms with Gasteiger partial charge in [-0.2, -0.15) is 0 Å². The maximum Gasteiger partial charge on any atom is 0.221 e. The molecule has 1 saturated heterocycles. The summed E-state index contributed by atoms with van der Waals surface area (Å²) >= 11 is 0. The first-order valence-electron chi connectivity index (χ1n) is 8.44. The zero-order chi connectivity index (χ0) is 16.8. The summed E-state index contributed by atoms with van der Waals surface area (Å²) in [4.78, 5) is 12.1. The Morgan fingerprint density at radius 3 is 2.75 bits per heavy atom. The lowest BCUT2D eigenvalue weighted by Gasteiger charge is -2.23. The molecule has 1 aliphatic heterocycles. The van der Waals surface area contributed by atoms with Gasteiger partial charge in [-0.1, -0.05) is 48.0 Å². The Hall–Kier alpha value is -2.17. The quantitative estimate of drug-likeness (QED) is 0.889. The molecular formula is C20H24N2O2. The molecule has 4 heteroatoms. The lowest BCUT2D eigenvalue weighted by molar-refractivity contribution is -0.122. The van der Waals surface area contributed by atoms with E-state index in [9.17, 15) is 4.79 Å². The van der Waals surface area contributed by atoms with E-state index >= 15 is 0 Å². The Morgan fingerprint density at radius 1 is 1.21 bits per heavy atom. The molecule has 3 rings (SSSR count). The molecule has 0 saturated carbocycles. The summed E-state index contributed by atoms with van der Waals surface area (Å²) in [6.07, 6.45) is 0.456. The van der Waals surface area contributed by atoms with Gasteiger partial charge < -0.3 is 15.4 Å².